The summed E-state index contributed by atoms with van der Waals surface area (Å²) in [5.41, 5.74) is 4.43. The molecule has 8 heteroatoms. The summed E-state index contributed by atoms with van der Waals surface area (Å²) >= 11 is 9.22. The Morgan fingerprint density at radius 1 is 1.23 bits per heavy atom. The lowest BCUT2D eigenvalue weighted by Crippen LogP contribution is -2.19. The molecule has 26 heavy (non-hydrogen) atoms. The maximum absolute atomic E-state index is 12.2. The van der Waals surface area contributed by atoms with Crippen molar-refractivity contribution in [2.75, 3.05) is 0 Å². The topological polar surface area (TPSA) is 79.5 Å². The zero-order chi connectivity index (χ0) is 18.5. The van der Waals surface area contributed by atoms with E-state index in [9.17, 15) is 9.90 Å². The zero-order valence-electron chi connectivity index (χ0n) is 13.4. The molecule has 6 nitrogen and oxygen atoms in total. The molecule has 0 aliphatic heterocycles. The number of benzene rings is 2. The maximum atomic E-state index is 12.2. The number of aromatic nitrogens is 2. The van der Waals surface area contributed by atoms with Crippen molar-refractivity contribution >= 4 is 39.7 Å². The third kappa shape index (κ3) is 4.71. The van der Waals surface area contributed by atoms with Crippen LogP contribution in [-0.4, -0.2) is 27.0 Å². The van der Waals surface area contributed by atoms with Crippen molar-refractivity contribution in [3.05, 3.63) is 81.0 Å². The number of carbonyl (C=O) groups is 1. The fourth-order valence-corrected chi connectivity index (χ4v) is 2.81. The summed E-state index contributed by atoms with van der Waals surface area (Å²) in [6.45, 7) is 0.514. The quantitative estimate of drug-likeness (QED) is 0.474. The lowest BCUT2D eigenvalue weighted by atomic mass is 10.2. The van der Waals surface area contributed by atoms with Crippen LogP contribution < -0.4 is 5.43 Å². The Hall–Kier alpha value is -2.64. The van der Waals surface area contributed by atoms with Crippen LogP contribution in [0.3, 0.4) is 0 Å². The zero-order valence-corrected chi connectivity index (χ0v) is 15.8. The Labute approximate surface area is 163 Å². The van der Waals surface area contributed by atoms with Gasteiger partial charge in [0.25, 0.3) is 5.91 Å². The summed E-state index contributed by atoms with van der Waals surface area (Å²) in [5, 5.41) is 18.1. The molecule has 0 unspecified atom stereocenters. The van der Waals surface area contributed by atoms with Crippen molar-refractivity contribution in [1.29, 1.82) is 0 Å². The van der Waals surface area contributed by atoms with Crippen molar-refractivity contribution < 1.29 is 9.90 Å². The molecule has 3 aromatic rings. The second-order valence-corrected chi connectivity index (χ2v) is 6.73. The van der Waals surface area contributed by atoms with Crippen LogP contribution in [-0.2, 0) is 6.54 Å². The van der Waals surface area contributed by atoms with E-state index in [-0.39, 0.29) is 11.4 Å². The van der Waals surface area contributed by atoms with E-state index in [4.69, 9.17) is 11.6 Å². The average Bonchev–Trinajstić information content (AvgIpc) is 2.99. The Morgan fingerprint density at radius 2 is 1.92 bits per heavy atom. The van der Waals surface area contributed by atoms with Crippen LogP contribution in [0.2, 0.25) is 5.02 Å². The Bertz CT molecular complexity index is 937. The molecule has 0 aliphatic carbocycles. The minimum absolute atomic E-state index is 0.168. The number of nitrogens with zero attached hydrogens (tertiary/aromatic N) is 3. The number of phenols is 1. The second kappa shape index (κ2) is 8.16. The van der Waals surface area contributed by atoms with Gasteiger partial charge in [0.05, 0.1) is 17.2 Å². The molecule has 0 atom stereocenters. The summed E-state index contributed by atoms with van der Waals surface area (Å²) < 4.78 is 2.23. The molecular weight excluding hydrogens is 420 g/mol. The standard InChI is InChI=1S/C18H14BrClN4O2/c19-16-11-24(10-13-1-5-14(20)6-2-13)23-17(16)18(26)22-21-9-12-3-7-15(25)8-4-12/h1-9,11,25H,10H2,(H,22,26)/b21-9-. The molecule has 0 aliphatic rings. The molecule has 0 saturated carbocycles. The highest BCUT2D eigenvalue weighted by Gasteiger charge is 2.14. The van der Waals surface area contributed by atoms with Crippen LogP contribution in [0.1, 0.15) is 21.6 Å². The van der Waals surface area contributed by atoms with Gasteiger partial charge < -0.3 is 5.11 Å². The third-order valence-corrected chi connectivity index (χ3v) is 4.30. The van der Waals surface area contributed by atoms with E-state index in [0.717, 1.165) is 11.1 Å². The van der Waals surface area contributed by atoms with Gasteiger partial charge >= 0.3 is 0 Å². The van der Waals surface area contributed by atoms with Crippen LogP contribution >= 0.6 is 27.5 Å². The first kappa shape index (κ1) is 18.2. The lowest BCUT2D eigenvalue weighted by molar-refractivity contribution is 0.0948. The molecule has 0 radical (unpaired) electrons. The monoisotopic (exact) mass is 432 g/mol. The van der Waals surface area contributed by atoms with Gasteiger partial charge in [0.1, 0.15) is 5.75 Å². The van der Waals surface area contributed by atoms with E-state index in [1.165, 1.54) is 18.3 Å². The Balaban J connectivity index is 1.65. The molecule has 3 rings (SSSR count). The average molecular weight is 434 g/mol. The third-order valence-electron chi connectivity index (χ3n) is 3.46. The molecule has 2 aromatic carbocycles. The van der Waals surface area contributed by atoms with Gasteiger partial charge in [-0.1, -0.05) is 23.7 Å². The summed E-state index contributed by atoms with van der Waals surface area (Å²) in [6, 6.07) is 13.9. The van der Waals surface area contributed by atoms with E-state index in [2.05, 4.69) is 31.6 Å². The number of nitrogens with one attached hydrogen (secondary N) is 1. The van der Waals surface area contributed by atoms with Crippen LogP contribution in [0.15, 0.2) is 64.3 Å². The van der Waals surface area contributed by atoms with E-state index >= 15 is 0 Å². The number of amides is 1. The van der Waals surface area contributed by atoms with Gasteiger partial charge in [0, 0.05) is 11.2 Å². The molecule has 0 bridgehead atoms. The molecule has 0 spiro atoms. The summed E-state index contributed by atoms with van der Waals surface area (Å²) in [7, 11) is 0. The number of carbonyl (C=O) groups excluding carboxylic acids is 1. The molecule has 0 fully saturated rings. The molecule has 132 valence electrons. The minimum Gasteiger partial charge on any atom is -0.508 e. The highest BCUT2D eigenvalue weighted by molar-refractivity contribution is 9.10. The number of rotatable bonds is 5. The molecule has 2 N–H and O–H groups in total. The van der Waals surface area contributed by atoms with Crippen molar-refractivity contribution in [2.24, 2.45) is 5.10 Å². The predicted molar refractivity (Wildman–Crippen MR) is 104 cm³/mol. The molecule has 1 aromatic heterocycles. The van der Waals surface area contributed by atoms with Gasteiger partial charge in [0.2, 0.25) is 0 Å². The van der Waals surface area contributed by atoms with E-state index < -0.39 is 5.91 Å². The SMILES string of the molecule is O=C(N/N=C\c1ccc(O)cc1)c1nn(Cc2ccc(Cl)cc2)cc1Br. The van der Waals surface area contributed by atoms with Crippen molar-refractivity contribution in [3.63, 3.8) is 0 Å². The number of hydrogen-bond donors (Lipinski definition) is 2. The van der Waals surface area contributed by atoms with Gasteiger partial charge in [-0.3, -0.25) is 9.48 Å². The molecule has 1 amide bonds. The minimum atomic E-state index is -0.429. The number of aromatic hydroxyl groups is 1. The number of halogens is 2. The smallest absolute Gasteiger partial charge is 0.293 e. The first-order valence-corrected chi connectivity index (χ1v) is 8.78. The van der Waals surface area contributed by atoms with E-state index in [1.807, 2.05) is 12.1 Å². The Morgan fingerprint density at radius 3 is 2.62 bits per heavy atom. The van der Waals surface area contributed by atoms with E-state index in [0.29, 0.717) is 16.0 Å². The summed E-state index contributed by atoms with van der Waals surface area (Å²) in [4.78, 5) is 12.2. The maximum Gasteiger partial charge on any atom is 0.293 e. The van der Waals surface area contributed by atoms with Crippen molar-refractivity contribution in [2.45, 2.75) is 6.54 Å². The fourth-order valence-electron chi connectivity index (χ4n) is 2.19. The van der Waals surface area contributed by atoms with Crippen LogP contribution in [0.4, 0.5) is 0 Å². The van der Waals surface area contributed by atoms with Crippen LogP contribution in [0.5, 0.6) is 5.75 Å². The normalized spacial score (nSPS) is 11.0. The lowest BCUT2D eigenvalue weighted by Gasteiger charge is -2.01. The van der Waals surface area contributed by atoms with Gasteiger partial charge in [-0.25, -0.2) is 5.43 Å². The van der Waals surface area contributed by atoms with Gasteiger partial charge in [-0.15, -0.1) is 0 Å². The van der Waals surface area contributed by atoms with Gasteiger partial charge in [-0.2, -0.15) is 10.2 Å². The summed E-state index contributed by atoms with van der Waals surface area (Å²) in [5.74, 6) is -0.261. The Kier molecular flexibility index (Phi) is 5.70. The number of hydrazone groups is 1. The predicted octanol–water partition coefficient (Wildman–Crippen LogP) is 3.82. The fraction of sp³-hybridized carbons (Fsp3) is 0.0556. The summed E-state index contributed by atoms with van der Waals surface area (Å²) in [6.07, 6.45) is 3.21. The molecule has 1 heterocycles. The van der Waals surface area contributed by atoms with Crippen molar-refractivity contribution in [3.8, 4) is 5.75 Å². The van der Waals surface area contributed by atoms with Crippen molar-refractivity contribution in [1.82, 2.24) is 15.2 Å². The van der Waals surface area contributed by atoms with Crippen LogP contribution in [0.25, 0.3) is 0 Å². The number of hydrogen-bond acceptors (Lipinski definition) is 4. The largest absolute Gasteiger partial charge is 0.508 e. The molecule has 0 saturated heterocycles. The van der Waals surface area contributed by atoms with Crippen LogP contribution in [0, 0.1) is 0 Å². The first-order valence-electron chi connectivity index (χ1n) is 7.61. The highest BCUT2D eigenvalue weighted by Crippen LogP contribution is 2.17. The molecular formula is C18H14BrClN4O2. The van der Waals surface area contributed by atoms with Gasteiger partial charge in [-0.05, 0) is 63.5 Å². The van der Waals surface area contributed by atoms with Gasteiger partial charge in [0.15, 0.2) is 5.69 Å². The second-order valence-electron chi connectivity index (χ2n) is 5.44. The number of phenolic OH excluding ortho intramolecular Hbond substituents is 1. The highest BCUT2D eigenvalue weighted by atomic mass is 79.9. The first-order chi connectivity index (χ1) is 12.5. The van der Waals surface area contributed by atoms with E-state index in [1.54, 1.807) is 35.1 Å².